The van der Waals surface area contributed by atoms with Crippen LogP contribution in [0.1, 0.15) is 33.0 Å². The summed E-state index contributed by atoms with van der Waals surface area (Å²) in [6.45, 7) is 6.25. The summed E-state index contributed by atoms with van der Waals surface area (Å²) in [5.74, 6) is 1.90. The lowest BCUT2D eigenvalue weighted by Gasteiger charge is -2.27. The molecule has 0 saturated heterocycles. The van der Waals surface area contributed by atoms with Crippen molar-refractivity contribution in [2.24, 2.45) is 5.73 Å². The Hall–Kier alpha value is -1.85. The molecule has 1 aromatic rings. The molecule has 6 nitrogen and oxygen atoms in total. The molecule has 0 radical (unpaired) electrons. The fourth-order valence-electron chi connectivity index (χ4n) is 1.79. The van der Waals surface area contributed by atoms with Crippen molar-refractivity contribution < 1.29 is 4.79 Å². The Morgan fingerprint density at radius 3 is 2.63 bits per heavy atom. The van der Waals surface area contributed by atoms with Gasteiger partial charge in [0.15, 0.2) is 0 Å². The van der Waals surface area contributed by atoms with Crippen LogP contribution >= 0.6 is 0 Å². The number of carbonyl (C=O) groups is 1. The summed E-state index contributed by atoms with van der Waals surface area (Å²) < 4.78 is 0. The van der Waals surface area contributed by atoms with Gasteiger partial charge in [0.2, 0.25) is 5.91 Å². The SMILES string of the molecule is CCCc1nc(NC)cc(N(CC(N)=O)C(C)C)n1. The van der Waals surface area contributed by atoms with Crippen LogP contribution in [0.5, 0.6) is 0 Å². The molecule has 3 N–H and O–H groups in total. The third-order valence-corrected chi connectivity index (χ3v) is 2.73. The molecule has 6 heteroatoms. The number of hydrogen-bond donors (Lipinski definition) is 2. The van der Waals surface area contributed by atoms with E-state index in [1.54, 1.807) is 0 Å². The second-order valence-electron chi connectivity index (χ2n) is 4.72. The lowest BCUT2D eigenvalue weighted by atomic mass is 10.3. The highest BCUT2D eigenvalue weighted by Gasteiger charge is 2.16. The van der Waals surface area contributed by atoms with Gasteiger partial charge < -0.3 is 16.0 Å². The van der Waals surface area contributed by atoms with Crippen LogP contribution < -0.4 is 16.0 Å². The lowest BCUT2D eigenvalue weighted by molar-refractivity contribution is -0.116. The van der Waals surface area contributed by atoms with Gasteiger partial charge in [-0.3, -0.25) is 4.79 Å². The third kappa shape index (κ3) is 4.39. The van der Waals surface area contributed by atoms with E-state index in [1.165, 1.54) is 0 Å². The van der Waals surface area contributed by atoms with Gasteiger partial charge in [0.25, 0.3) is 0 Å². The molecule has 0 bridgehead atoms. The molecule has 0 aromatic carbocycles. The van der Waals surface area contributed by atoms with E-state index in [2.05, 4.69) is 22.2 Å². The molecule has 0 atom stereocenters. The number of carbonyl (C=O) groups excluding carboxylic acids is 1. The highest BCUT2D eigenvalue weighted by molar-refractivity contribution is 5.79. The predicted molar refractivity (Wildman–Crippen MR) is 77.3 cm³/mol. The van der Waals surface area contributed by atoms with Crippen molar-refractivity contribution in [3.05, 3.63) is 11.9 Å². The van der Waals surface area contributed by atoms with E-state index in [-0.39, 0.29) is 18.5 Å². The van der Waals surface area contributed by atoms with Crippen LogP contribution in [-0.4, -0.2) is 35.5 Å². The van der Waals surface area contributed by atoms with Crippen molar-refractivity contribution in [2.45, 2.75) is 39.7 Å². The van der Waals surface area contributed by atoms with Crippen LogP contribution in [0.2, 0.25) is 0 Å². The molecule has 1 amide bonds. The summed E-state index contributed by atoms with van der Waals surface area (Å²) in [5, 5.41) is 3.02. The van der Waals surface area contributed by atoms with Gasteiger partial charge >= 0.3 is 0 Å². The van der Waals surface area contributed by atoms with Gasteiger partial charge in [-0.1, -0.05) is 6.92 Å². The van der Waals surface area contributed by atoms with Crippen LogP contribution in [0.15, 0.2) is 6.07 Å². The summed E-state index contributed by atoms with van der Waals surface area (Å²) in [6, 6.07) is 1.98. The number of amides is 1. The van der Waals surface area contributed by atoms with E-state index in [4.69, 9.17) is 5.73 Å². The highest BCUT2D eigenvalue weighted by atomic mass is 16.1. The van der Waals surface area contributed by atoms with Crippen molar-refractivity contribution in [3.63, 3.8) is 0 Å². The molecule has 0 aliphatic rings. The number of nitrogens with zero attached hydrogens (tertiary/aromatic N) is 3. The fourth-order valence-corrected chi connectivity index (χ4v) is 1.79. The summed E-state index contributed by atoms with van der Waals surface area (Å²) in [7, 11) is 1.82. The average Bonchev–Trinajstić information content (AvgIpc) is 2.35. The number of primary amides is 1. The van der Waals surface area contributed by atoms with Crippen LogP contribution in [0.25, 0.3) is 0 Å². The summed E-state index contributed by atoms with van der Waals surface area (Å²) in [6.07, 6.45) is 1.79. The first kappa shape index (κ1) is 15.2. The maximum atomic E-state index is 11.2. The number of anilines is 2. The van der Waals surface area contributed by atoms with Gasteiger partial charge in [-0.2, -0.15) is 0 Å². The Morgan fingerprint density at radius 2 is 2.16 bits per heavy atom. The zero-order valence-corrected chi connectivity index (χ0v) is 12.1. The first-order valence-electron chi connectivity index (χ1n) is 6.58. The topological polar surface area (TPSA) is 84.1 Å². The first-order valence-corrected chi connectivity index (χ1v) is 6.58. The van der Waals surface area contributed by atoms with E-state index >= 15 is 0 Å². The Morgan fingerprint density at radius 1 is 1.47 bits per heavy atom. The minimum atomic E-state index is -0.365. The van der Waals surface area contributed by atoms with Gasteiger partial charge in [-0.05, 0) is 20.3 Å². The van der Waals surface area contributed by atoms with Crippen molar-refractivity contribution in [2.75, 3.05) is 23.8 Å². The zero-order chi connectivity index (χ0) is 14.4. The molecule has 1 aromatic heterocycles. The van der Waals surface area contributed by atoms with Crippen LogP contribution in [0.4, 0.5) is 11.6 Å². The quantitative estimate of drug-likeness (QED) is 0.773. The smallest absolute Gasteiger partial charge is 0.237 e. The largest absolute Gasteiger partial charge is 0.373 e. The Kier molecular flexibility index (Phi) is 5.54. The number of hydrogen-bond acceptors (Lipinski definition) is 5. The molecule has 0 saturated carbocycles. The van der Waals surface area contributed by atoms with E-state index in [0.717, 1.165) is 30.3 Å². The minimum Gasteiger partial charge on any atom is -0.373 e. The predicted octanol–water partition coefficient (Wildman–Crippen LogP) is 1.17. The molecule has 0 unspecified atom stereocenters. The van der Waals surface area contributed by atoms with Crippen molar-refractivity contribution >= 4 is 17.5 Å². The summed E-state index contributed by atoms with van der Waals surface area (Å²) in [4.78, 5) is 22.0. The van der Waals surface area contributed by atoms with Gasteiger partial charge in [0.05, 0.1) is 6.54 Å². The maximum absolute atomic E-state index is 11.2. The van der Waals surface area contributed by atoms with Crippen LogP contribution in [0, 0.1) is 0 Å². The van der Waals surface area contributed by atoms with E-state index in [9.17, 15) is 4.79 Å². The Bertz CT molecular complexity index is 433. The van der Waals surface area contributed by atoms with E-state index < -0.39 is 0 Å². The van der Waals surface area contributed by atoms with Crippen molar-refractivity contribution in [3.8, 4) is 0 Å². The molecule has 1 rings (SSSR count). The summed E-state index contributed by atoms with van der Waals surface area (Å²) >= 11 is 0. The number of nitrogens with one attached hydrogen (secondary N) is 1. The standard InChI is InChI=1S/C13H23N5O/c1-5-6-11-16-12(15-4)7-13(17-11)18(9(2)3)8-10(14)19/h7,9H,5-6,8H2,1-4H3,(H2,14,19)(H,15,16,17). The third-order valence-electron chi connectivity index (χ3n) is 2.73. The average molecular weight is 265 g/mol. The molecular formula is C13H23N5O. The Balaban J connectivity index is 3.13. The minimum absolute atomic E-state index is 0.140. The van der Waals surface area contributed by atoms with Crippen molar-refractivity contribution in [1.82, 2.24) is 9.97 Å². The maximum Gasteiger partial charge on any atom is 0.237 e. The van der Waals surface area contributed by atoms with Gasteiger partial charge in [-0.25, -0.2) is 9.97 Å². The van der Waals surface area contributed by atoms with Crippen LogP contribution in [0.3, 0.4) is 0 Å². The van der Waals surface area contributed by atoms with E-state index in [0.29, 0.717) is 0 Å². The molecule has 106 valence electrons. The Labute approximate surface area is 114 Å². The number of aryl methyl sites for hydroxylation is 1. The monoisotopic (exact) mass is 265 g/mol. The lowest BCUT2D eigenvalue weighted by Crippen LogP contribution is -2.39. The number of rotatable bonds is 7. The van der Waals surface area contributed by atoms with E-state index in [1.807, 2.05) is 31.9 Å². The number of aromatic nitrogens is 2. The molecule has 1 heterocycles. The molecular weight excluding hydrogens is 242 g/mol. The molecule has 0 aliphatic heterocycles. The van der Waals surface area contributed by atoms with Gasteiger partial charge in [0.1, 0.15) is 17.5 Å². The second-order valence-corrected chi connectivity index (χ2v) is 4.72. The van der Waals surface area contributed by atoms with Crippen molar-refractivity contribution in [1.29, 1.82) is 0 Å². The second kappa shape index (κ2) is 6.92. The number of nitrogens with two attached hydrogens (primary N) is 1. The fraction of sp³-hybridized carbons (Fsp3) is 0.615. The zero-order valence-electron chi connectivity index (χ0n) is 12.1. The van der Waals surface area contributed by atoms with Gasteiger partial charge in [0, 0.05) is 25.6 Å². The first-order chi connectivity index (χ1) is 8.97. The molecule has 19 heavy (non-hydrogen) atoms. The summed E-state index contributed by atoms with van der Waals surface area (Å²) in [5.41, 5.74) is 5.30. The van der Waals surface area contributed by atoms with Gasteiger partial charge in [-0.15, -0.1) is 0 Å². The highest BCUT2D eigenvalue weighted by Crippen LogP contribution is 2.18. The molecule has 0 aliphatic carbocycles. The normalized spacial score (nSPS) is 10.6. The van der Waals surface area contributed by atoms with Crippen LogP contribution in [-0.2, 0) is 11.2 Å². The molecule has 0 spiro atoms. The molecule has 0 fully saturated rings.